The van der Waals surface area contributed by atoms with Gasteiger partial charge in [0.15, 0.2) is 5.11 Å². The molecule has 3 rings (SSSR count). The predicted molar refractivity (Wildman–Crippen MR) is 101 cm³/mol. The molecule has 1 aliphatic rings. The van der Waals surface area contributed by atoms with Crippen LogP contribution in [0.5, 0.6) is 5.75 Å². The van der Waals surface area contributed by atoms with E-state index in [2.05, 4.69) is 21.3 Å². The highest BCUT2D eigenvalue weighted by molar-refractivity contribution is 7.80. The molecule has 0 aliphatic carbocycles. The van der Waals surface area contributed by atoms with Crippen molar-refractivity contribution < 1.29 is 4.74 Å². The maximum Gasteiger partial charge on any atom is 0.173 e. The Bertz CT molecular complexity index is 660. The van der Waals surface area contributed by atoms with Crippen LogP contribution in [0.4, 0.5) is 5.69 Å². The van der Waals surface area contributed by atoms with E-state index in [1.165, 1.54) is 18.4 Å². The molecule has 0 spiro atoms. The van der Waals surface area contributed by atoms with E-state index in [0.717, 1.165) is 29.5 Å². The number of hydrogen-bond acceptors (Lipinski definition) is 3. The Balaban J connectivity index is 1.70. The van der Waals surface area contributed by atoms with E-state index < -0.39 is 0 Å². The lowest BCUT2D eigenvalue weighted by molar-refractivity contribution is 0.248. The van der Waals surface area contributed by atoms with E-state index in [4.69, 9.17) is 17.0 Å². The number of rotatable bonds is 4. The van der Waals surface area contributed by atoms with Crippen LogP contribution < -0.4 is 10.1 Å². The Hall–Kier alpha value is -2.14. The van der Waals surface area contributed by atoms with Crippen LogP contribution in [-0.4, -0.2) is 28.1 Å². The summed E-state index contributed by atoms with van der Waals surface area (Å²) in [5.41, 5.74) is 2.21. The highest BCUT2D eigenvalue weighted by Crippen LogP contribution is 2.31. The molecular weight excluding hydrogens is 318 g/mol. The van der Waals surface area contributed by atoms with Gasteiger partial charge in [-0.3, -0.25) is 4.98 Å². The van der Waals surface area contributed by atoms with Gasteiger partial charge in [-0.15, -0.1) is 0 Å². The molecule has 5 heteroatoms. The smallest absolute Gasteiger partial charge is 0.173 e. The number of pyridine rings is 1. The van der Waals surface area contributed by atoms with E-state index in [1.807, 2.05) is 49.6 Å². The molecule has 0 bridgehead atoms. The van der Waals surface area contributed by atoms with Gasteiger partial charge in [-0.05, 0) is 74.3 Å². The summed E-state index contributed by atoms with van der Waals surface area (Å²) in [6.45, 7) is 3.63. The highest BCUT2D eigenvalue weighted by atomic mass is 32.1. The number of hydrogen-bond donors (Lipinski definition) is 1. The Morgan fingerprint density at radius 3 is 2.83 bits per heavy atom. The lowest BCUT2D eigenvalue weighted by Crippen LogP contribution is -2.41. The Labute approximate surface area is 148 Å². The lowest BCUT2D eigenvalue weighted by atomic mass is 9.97. The summed E-state index contributed by atoms with van der Waals surface area (Å²) in [5, 5.41) is 4.13. The summed E-state index contributed by atoms with van der Waals surface area (Å²) < 4.78 is 5.48. The van der Waals surface area contributed by atoms with Crippen molar-refractivity contribution in [2.45, 2.75) is 32.2 Å². The maximum absolute atomic E-state index is 5.68. The van der Waals surface area contributed by atoms with Crippen LogP contribution in [0.25, 0.3) is 0 Å². The fourth-order valence-electron chi connectivity index (χ4n) is 3.09. The molecule has 1 N–H and O–H groups in total. The first-order valence-corrected chi connectivity index (χ1v) is 8.89. The van der Waals surface area contributed by atoms with Crippen LogP contribution in [0.2, 0.25) is 0 Å². The number of aromatic nitrogens is 1. The first-order chi connectivity index (χ1) is 11.8. The number of ether oxygens (including phenoxy) is 1. The van der Waals surface area contributed by atoms with Gasteiger partial charge in [0, 0.05) is 24.6 Å². The number of nitrogens with zero attached hydrogens (tertiary/aromatic N) is 2. The van der Waals surface area contributed by atoms with E-state index in [9.17, 15) is 0 Å². The van der Waals surface area contributed by atoms with Crippen molar-refractivity contribution in [3.05, 3.63) is 54.4 Å². The van der Waals surface area contributed by atoms with Gasteiger partial charge in [-0.1, -0.05) is 6.07 Å². The molecule has 1 atom stereocenters. The predicted octanol–water partition coefficient (Wildman–Crippen LogP) is 4.40. The summed E-state index contributed by atoms with van der Waals surface area (Å²) in [4.78, 5) is 6.54. The molecule has 2 heterocycles. The second-order valence-corrected chi connectivity index (χ2v) is 6.27. The molecule has 0 unspecified atom stereocenters. The molecule has 1 aliphatic heterocycles. The standard InChI is InChI=1S/C19H23N3OS/c1-2-23-17-10-8-16(9-11-17)21-19(24)22-13-4-3-7-18(22)15-6-5-12-20-14-15/h5-6,8-12,14,18H,2-4,7,13H2,1H3,(H,21,24)/t18-/m0/s1. The molecule has 1 aromatic carbocycles. The summed E-state index contributed by atoms with van der Waals surface area (Å²) >= 11 is 5.68. The molecule has 2 aromatic rings. The fraction of sp³-hybridized carbons (Fsp3) is 0.368. The zero-order valence-electron chi connectivity index (χ0n) is 13.9. The number of likely N-dealkylation sites (tertiary alicyclic amines) is 1. The van der Waals surface area contributed by atoms with Gasteiger partial charge in [0.2, 0.25) is 0 Å². The van der Waals surface area contributed by atoms with Crippen molar-refractivity contribution in [2.24, 2.45) is 0 Å². The minimum atomic E-state index is 0.301. The second-order valence-electron chi connectivity index (χ2n) is 5.88. The van der Waals surface area contributed by atoms with Crippen molar-refractivity contribution in [2.75, 3.05) is 18.5 Å². The van der Waals surface area contributed by atoms with E-state index in [-0.39, 0.29) is 0 Å². The van der Waals surface area contributed by atoms with Gasteiger partial charge in [0.25, 0.3) is 0 Å². The minimum Gasteiger partial charge on any atom is -0.494 e. The molecular formula is C19H23N3OS. The van der Waals surface area contributed by atoms with Crippen molar-refractivity contribution in [3.63, 3.8) is 0 Å². The van der Waals surface area contributed by atoms with Crippen molar-refractivity contribution >= 4 is 23.0 Å². The van der Waals surface area contributed by atoms with Crippen LogP contribution in [0, 0.1) is 0 Å². The molecule has 0 saturated carbocycles. The van der Waals surface area contributed by atoms with Crippen LogP contribution in [-0.2, 0) is 0 Å². The summed E-state index contributed by atoms with van der Waals surface area (Å²) in [6.07, 6.45) is 7.26. The molecule has 1 fully saturated rings. The van der Waals surface area contributed by atoms with Gasteiger partial charge in [-0.25, -0.2) is 0 Å². The minimum absolute atomic E-state index is 0.301. The van der Waals surface area contributed by atoms with Crippen molar-refractivity contribution in [1.82, 2.24) is 9.88 Å². The molecule has 0 radical (unpaired) electrons. The number of benzene rings is 1. The average molecular weight is 341 g/mol. The summed E-state index contributed by atoms with van der Waals surface area (Å²) in [7, 11) is 0. The molecule has 4 nitrogen and oxygen atoms in total. The zero-order valence-corrected chi connectivity index (χ0v) is 14.8. The van der Waals surface area contributed by atoms with Gasteiger partial charge in [0.1, 0.15) is 5.75 Å². The third-order valence-corrected chi connectivity index (χ3v) is 4.59. The third-order valence-electron chi connectivity index (χ3n) is 4.25. The third kappa shape index (κ3) is 4.03. The SMILES string of the molecule is CCOc1ccc(NC(=S)N2CCCC[C@H]2c2cccnc2)cc1. The molecule has 24 heavy (non-hydrogen) atoms. The van der Waals surface area contributed by atoms with Crippen LogP contribution in [0.15, 0.2) is 48.8 Å². The largest absolute Gasteiger partial charge is 0.494 e. The average Bonchev–Trinajstić information content (AvgIpc) is 2.64. The van der Waals surface area contributed by atoms with Crippen LogP contribution >= 0.6 is 12.2 Å². The molecule has 1 saturated heterocycles. The van der Waals surface area contributed by atoms with Gasteiger partial charge in [-0.2, -0.15) is 0 Å². The monoisotopic (exact) mass is 341 g/mol. The highest BCUT2D eigenvalue weighted by Gasteiger charge is 2.26. The summed E-state index contributed by atoms with van der Waals surface area (Å²) in [6, 6.07) is 12.4. The Kier molecular flexibility index (Phi) is 5.64. The first kappa shape index (κ1) is 16.7. The fourth-order valence-corrected chi connectivity index (χ4v) is 3.43. The maximum atomic E-state index is 5.68. The van der Waals surface area contributed by atoms with Gasteiger partial charge < -0.3 is 15.0 Å². The second kappa shape index (κ2) is 8.11. The normalized spacial score (nSPS) is 17.4. The van der Waals surface area contributed by atoms with Crippen molar-refractivity contribution in [3.8, 4) is 5.75 Å². The topological polar surface area (TPSA) is 37.4 Å². The number of anilines is 1. The number of nitrogens with one attached hydrogen (secondary N) is 1. The number of piperidine rings is 1. The van der Waals surface area contributed by atoms with E-state index >= 15 is 0 Å². The van der Waals surface area contributed by atoms with Crippen LogP contribution in [0.3, 0.4) is 0 Å². The molecule has 0 amide bonds. The Morgan fingerprint density at radius 1 is 1.29 bits per heavy atom. The molecule has 126 valence electrons. The Morgan fingerprint density at radius 2 is 2.12 bits per heavy atom. The first-order valence-electron chi connectivity index (χ1n) is 8.48. The van der Waals surface area contributed by atoms with Crippen LogP contribution in [0.1, 0.15) is 37.8 Å². The van der Waals surface area contributed by atoms with Crippen molar-refractivity contribution in [1.29, 1.82) is 0 Å². The van der Waals surface area contributed by atoms with E-state index in [1.54, 1.807) is 0 Å². The quantitative estimate of drug-likeness (QED) is 0.834. The zero-order chi connectivity index (χ0) is 16.8. The number of thiocarbonyl (C=S) groups is 1. The summed E-state index contributed by atoms with van der Waals surface area (Å²) in [5.74, 6) is 0.875. The lowest BCUT2D eigenvalue weighted by Gasteiger charge is -2.37. The molecule has 1 aromatic heterocycles. The van der Waals surface area contributed by atoms with E-state index in [0.29, 0.717) is 12.6 Å². The van der Waals surface area contributed by atoms with Gasteiger partial charge >= 0.3 is 0 Å². The van der Waals surface area contributed by atoms with Gasteiger partial charge in [0.05, 0.1) is 12.6 Å².